The minimum absolute atomic E-state index is 0.176. The van der Waals surface area contributed by atoms with Crippen LogP contribution in [0.25, 0.3) is 0 Å². The first-order valence-corrected chi connectivity index (χ1v) is 14.1. The predicted octanol–water partition coefficient (Wildman–Crippen LogP) is 2.69. The number of anilines is 2. The van der Waals surface area contributed by atoms with Gasteiger partial charge in [-0.3, -0.25) is 24.1 Å². The molecule has 1 atom stereocenters. The molecular weight excluding hydrogens is 518 g/mol. The average Bonchev–Trinajstić information content (AvgIpc) is 3.63. The van der Waals surface area contributed by atoms with E-state index in [1.54, 1.807) is 23.1 Å². The Labute approximate surface area is 238 Å². The molecule has 2 aliphatic rings. The van der Waals surface area contributed by atoms with Gasteiger partial charge in [-0.25, -0.2) is 0 Å². The fourth-order valence-electron chi connectivity index (χ4n) is 5.65. The molecule has 4 heterocycles. The van der Waals surface area contributed by atoms with Crippen molar-refractivity contribution in [3.8, 4) is 0 Å². The molecule has 1 saturated heterocycles. The number of β-amino-alcohol motifs (C(OH)–C–C–N with tert-alkyl or cyclic N) is 1. The lowest BCUT2D eigenvalue weighted by Gasteiger charge is -2.34. The number of nitrogens with zero attached hydrogens (tertiary/aromatic N) is 4. The smallest absolute Gasteiger partial charge is 0.258 e. The molecule has 0 spiro atoms. The van der Waals surface area contributed by atoms with E-state index < -0.39 is 0 Å². The number of H-pyrrole nitrogens is 1. The summed E-state index contributed by atoms with van der Waals surface area (Å²) >= 11 is 0. The van der Waals surface area contributed by atoms with Gasteiger partial charge in [-0.05, 0) is 35.2 Å². The van der Waals surface area contributed by atoms with Gasteiger partial charge in [0.2, 0.25) is 0 Å². The Morgan fingerprint density at radius 3 is 2.61 bits per heavy atom. The first-order valence-electron chi connectivity index (χ1n) is 14.1. The summed E-state index contributed by atoms with van der Waals surface area (Å²) in [4.78, 5) is 33.3. The van der Waals surface area contributed by atoms with Crippen LogP contribution < -0.4 is 16.2 Å². The van der Waals surface area contributed by atoms with Crippen molar-refractivity contribution in [1.82, 2.24) is 24.6 Å². The summed E-state index contributed by atoms with van der Waals surface area (Å²) in [6.45, 7) is 6.32. The van der Waals surface area contributed by atoms with Crippen LogP contribution in [0.1, 0.15) is 38.7 Å². The first-order chi connectivity index (χ1) is 20.0. The molecule has 10 heteroatoms. The number of hydrogen-bond donors (Lipinski definition) is 4. The number of benzene rings is 2. The summed E-state index contributed by atoms with van der Waals surface area (Å²) in [7, 11) is 0. The lowest BCUT2D eigenvalue weighted by atomic mass is 10.0. The molecule has 0 radical (unpaired) electrons. The zero-order valence-corrected chi connectivity index (χ0v) is 22.9. The Kier molecular flexibility index (Phi) is 7.95. The lowest BCUT2D eigenvalue weighted by molar-refractivity contribution is 0.102. The lowest BCUT2D eigenvalue weighted by Crippen LogP contribution is -2.46. The van der Waals surface area contributed by atoms with E-state index in [-0.39, 0.29) is 24.1 Å². The van der Waals surface area contributed by atoms with Crippen molar-refractivity contribution >= 4 is 17.3 Å². The Bertz CT molecular complexity index is 1560. The van der Waals surface area contributed by atoms with Gasteiger partial charge in [-0.2, -0.15) is 5.10 Å². The van der Waals surface area contributed by atoms with Crippen LogP contribution in [0.3, 0.4) is 0 Å². The molecule has 1 amide bonds. The van der Waals surface area contributed by atoms with E-state index in [2.05, 4.69) is 48.7 Å². The second-order valence-electron chi connectivity index (χ2n) is 10.8. The number of pyridine rings is 1. The van der Waals surface area contributed by atoms with E-state index in [4.69, 9.17) is 5.11 Å². The van der Waals surface area contributed by atoms with Gasteiger partial charge in [-0.1, -0.05) is 42.5 Å². The number of aliphatic hydroxyl groups is 1. The summed E-state index contributed by atoms with van der Waals surface area (Å²) in [5.41, 5.74) is 5.95. The number of nitrogens with one attached hydrogen (secondary N) is 3. The largest absolute Gasteiger partial charge is 0.395 e. The quantitative estimate of drug-likeness (QED) is 0.252. The molecule has 1 fully saturated rings. The summed E-state index contributed by atoms with van der Waals surface area (Å²) in [6.07, 6.45) is 5.49. The molecule has 2 aromatic carbocycles. The second-order valence-corrected chi connectivity index (χ2v) is 10.8. The van der Waals surface area contributed by atoms with Crippen LogP contribution in [0.15, 0.2) is 78.0 Å². The topological polar surface area (TPSA) is 119 Å². The van der Waals surface area contributed by atoms with Gasteiger partial charge in [0.1, 0.15) is 0 Å². The number of rotatable bonds is 9. The van der Waals surface area contributed by atoms with Crippen LogP contribution in [-0.4, -0.2) is 74.9 Å². The van der Waals surface area contributed by atoms with Crippen molar-refractivity contribution in [2.24, 2.45) is 0 Å². The van der Waals surface area contributed by atoms with E-state index in [0.717, 1.165) is 50.5 Å². The molecule has 4 N–H and O–H groups in total. The molecule has 6 rings (SSSR count). The maximum absolute atomic E-state index is 12.9. The number of amides is 1. The highest BCUT2D eigenvalue weighted by Crippen LogP contribution is 2.34. The molecule has 2 aliphatic heterocycles. The Morgan fingerprint density at radius 1 is 1.00 bits per heavy atom. The standard InChI is InChI=1S/C31H35N7O3/c39-13-12-36-8-10-37(11-9-36)19-23-6-7-28-24(14-23)15-29(35-28)27-16-26(18-32-31(27)41)34-30(40)25-17-33-38(21-25)20-22-4-2-1-3-5-22/h1-7,14,16-18,21,29,35,39H,8-13,15,19-20H2,(H,32,41)(H,34,40). The van der Waals surface area contributed by atoms with Crippen LogP contribution in [0, 0.1) is 0 Å². The Balaban J connectivity index is 1.08. The van der Waals surface area contributed by atoms with E-state index in [1.807, 2.05) is 30.3 Å². The summed E-state index contributed by atoms with van der Waals surface area (Å²) in [6, 6.07) is 18.0. The third kappa shape index (κ3) is 6.40. The van der Waals surface area contributed by atoms with Gasteiger partial charge >= 0.3 is 0 Å². The molecule has 0 saturated carbocycles. The summed E-state index contributed by atoms with van der Waals surface area (Å²) in [5, 5.41) is 19.9. The maximum Gasteiger partial charge on any atom is 0.258 e. The second kappa shape index (κ2) is 12.1. The number of carbonyl (C=O) groups excluding carboxylic acids is 1. The van der Waals surface area contributed by atoms with Crippen molar-refractivity contribution in [3.05, 3.63) is 111 Å². The van der Waals surface area contributed by atoms with Crippen LogP contribution in [0.2, 0.25) is 0 Å². The SMILES string of the molecule is O=C(Nc1c[nH]c(=O)c(C2Cc3cc(CN4CCN(CCO)CC4)ccc3N2)c1)c1cnn(Cc2ccccc2)c1. The summed E-state index contributed by atoms with van der Waals surface area (Å²) in [5.74, 6) is -0.285. The maximum atomic E-state index is 12.9. The monoisotopic (exact) mass is 553 g/mol. The molecule has 4 aromatic rings. The van der Waals surface area contributed by atoms with Gasteiger partial charge in [0.05, 0.1) is 36.6 Å². The Morgan fingerprint density at radius 2 is 1.80 bits per heavy atom. The van der Waals surface area contributed by atoms with E-state index in [1.165, 1.54) is 17.3 Å². The van der Waals surface area contributed by atoms with Crippen molar-refractivity contribution in [1.29, 1.82) is 0 Å². The van der Waals surface area contributed by atoms with Crippen molar-refractivity contribution in [2.75, 3.05) is 50.0 Å². The van der Waals surface area contributed by atoms with Gasteiger partial charge in [0, 0.05) is 62.9 Å². The van der Waals surface area contributed by atoms with Crippen LogP contribution in [0.4, 0.5) is 11.4 Å². The number of piperazine rings is 1. The van der Waals surface area contributed by atoms with Gasteiger partial charge in [0.25, 0.3) is 11.5 Å². The molecule has 10 nitrogen and oxygen atoms in total. The fourth-order valence-corrected chi connectivity index (χ4v) is 5.65. The fraction of sp³-hybridized carbons (Fsp3) is 0.323. The van der Waals surface area contributed by atoms with Gasteiger partial charge in [-0.15, -0.1) is 0 Å². The highest BCUT2D eigenvalue weighted by molar-refractivity contribution is 6.03. The molecule has 0 bridgehead atoms. The zero-order chi connectivity index (χ0) is 28.2. The third-order valence-electron chi connectivity index (χ3n) is 7.86. The average molecular weight is 554 g/mol. The number of aliphatic hydroxyl groups excluding tert-OH is 1. The Hall–Kier alpha value is -4.25. The van der Waals surface area contributed by atoms with E-state index >= 15 is 0 Å². The number of aromatic nitrogens is 3. The third-order valence-corrected chi connectivity index (χ3v) is 7.86. The van der Waals surface area contributed by atoms with Crippen molar-refractivity contribution in [3.63, 3.8) is 0 Å². The van der Waals surface area contributed by atoms with Crippen LogP contribution >= 0.6 is 0 Å². The first kappa shape index (κ1) is 26.9. The minimum Gasteiger partial charge on any atom is -0.395 e. The highest BCUT2D eigenvalue weighted by atomic mass is 16.3. The molecule has 0 aliphatic carbocycles. The molecular formula is C31H35N7O3. The molecule has 212 valence electrons. The number of fused-ring (bicyclic) bond motifs is 1. The molecule has 2 aromatic heterocycles. The van der Waals surface area contributed by atoms with E-state index in [9.17, 15) is 9.59 Å². The normalized spacial score (nSPS) is 17.2. The number of hydrogen-bond acceptors (Lipinski definition) is 7. The zero-order valence-electron chi connectivity index (χ0n) is 22.9. The number of aromatic amines is 1. The highest BCUT2D eigenvalue weighted by Gasteiger charge is 2.26. The summed E-state index contributed by atoms with van der Waals surface area (Å²) < 4.78 is 1.73. The minimum atomic E-state index is -0.285. The van der Waals surface area contributed by atoms with Gasteiger partial charge < -0.3 is 20.7 Å². The van der Waals surface area contributed by atoms with Gasteiger partial charge in [0.15, 0.2) is 0 Å². The van der Waals surface area contributed by atoms with E-state index in [0.29, 0.717) is 29.8 Å². The van der Waals surface area contributed by atoms with Crippen LogP contribution in [-0.2, 0) is 19.5 Å². The number of carbonyl (C=O) groups is 1. The van der Waals surface area contributed by atoms with Crippen LogP contribution in [0.5, 0.6) is 0 Å². The predicted molar refractivity (Wildman–Crippen MR) is 158 cm³/mol. The van der Waals surface area contributed by atoms with Crippen molar-refractivity contribution < 1.29 is 9.90 Å². The molecule has 1 unspecified atom stereocenters. The molecule has 41 heavy (non-hydrogen) atoms. The van der Waals surface area contributed by atoms with Crippen molar-refractivity contribution in [2.45, 2.75) is 25.6 Å².